The van der Waals surface area contributed by atoms with Gasteiger partial charge in [-0.2, -0.15) is 4.98 Å². The van der Waals surface area contributed by atoms with Crippen molar-refractivity contribution in [3.63, 3.8) is 0 Å². The van der Waals surface area contributed by atoms with E-state index < -0.39 is 0 Å². The number of carbonyl (C=O) groups excluding carboxylic acids is 1. The van der Waals surface area contributed by atoms with Gasteiger partial charge in [0.2, 0.25) is 11.0 Å². The van der Waals surface area contributed by atoms with E-state index >= 15 is 0 Å². The molecule has 1 amide bonds. The summed E-state index contributed by atoms with van der Waals surface area (Å²) in [5.41, 5.74) is 4.02. The van der Waals surface area contributed by atoms with Crippen molar-refractivity contribution in [2.75, 3.05) is 12.4 Å². The van der Waals surface area contributed by atoms with E-state index in [9.17, 15) is 4.79 Å². The molecular weight excluding hydrogens is 525 g/mol. The van der Waals surface area contributed by atoms with Crippen molar-refractivity contribution in [1.29, 1.82) is 0 Å². The molecule has 0 saturated heterocycles. The molecule has 0 saturated carbocycles. The average molecular weight is 553 g/mol. The van der Waals surface area contributed by atoms with Crippen LogP contribution in [-0.2, 0) is 30.8 Å². The SMILES string of the molecule is CCCc1c(CC(=O)Nc2nc(=S)ss2)cc(OC)cc1OCc1ccc(OCc2ccccc2)cc1. The normalized spacial score (nSPS) is 10.6. The van der Waals surface area contributed by atoms with Crippen molar-refractivity contribution in [2.45, 2.75) is 39.4 Å². The van der Waals surface area contributed by atoms with Crippen molar-refractivity contribution in [3.05, 3.63) is 92.9 Å². The van der Waals surface area contributed by atoms with Crippen LogP contribution in [0.25, 0.3) is 0 Å². The third kappa shape index (κ3) is 7.85. The van der Waals surface area contributed by atoms with E-state index in [-0.39, 0.29) is 12.3 Å². The lowest BCUT2D eigenvalue weighted by Gasteiger charge is -2.17. The quantitative estimate of drug-likeness (QED) is 0.148. The van der Waals surface area contributed by atoms with Gasteiger partial charge in [0.25, 0.3) is 0 Å². The Hall–Kier alpha value is -3.27. The fourth-order valence-corrected chi connectivity index (χ4v) is 5.65. The van der Waals surface area contributed by atoms with Gasteiger partial charge in [0.15, 0.2) is 3.95 Å². The van der Waals surface area contributed by atoms with Gasteiger partial charge in [-0.25, -0.2) is 0 Å². The van der Waals surface area contributed by atoms with Crippen molar-refractivity contribution in [1.82, 2.24) is 4.98 Å². The predicted molar refractivity (Wildman–Crippen MR) is 152 cm³/mol. The molecule has 0 aliphatic rings. The Labute approximate surface area is 229 Å². The summed E-state index contributed by atoms with van der Waals surface area (Å²) in [5.74, 6) is 2.02. The van der Waals surface area contributed by atoms with Crippen molar-refractivity contribution >= 4 is 43.9 Å². The Morgan fingerprint density at radius 1 is 0.946 bits per heavy atom. The average Bonchev–Trinajstić information content (AvgIpc) is 3.32. The molecular formula is C28H28N2O4S3. The Kier molecular flexibility index (Phi) is 9.65. The first kappa shape index (κ1) is 26.8. The summed E-state index contributed by atoms with van der Waals surface area (Å²) in [6, 6.07) is 21.7. The molecule has 0 aliphatic carbocycles. The standard InChI is InChI=1S/C28H28N2O4S3/c1-3-7-24-21(15-26(31)29-27-30-28(35)37-36-27)14-23(32-2)16-25(24)34-18-20-10-12-22(13-11-20)33-17-19-8-5-4-6-9-19/h4-6,8-14,16H,3,7,15,17-18H2,1-2H3,(H,29,30,31,35). The summed E-state index contributed by atoms with van der Waals surface area (Å²) in [6.45, 7) is 3.01. The lowest BCUT2D eigenvalue weighted by atomic mass is 9.98. The van der Waals surface area contributed by atoms with Gasteiger partial charge < -0.3 is 19.5 Å². The first-order chi connectivity index (χ1) is 18.0. The molecule has 0 bridgehead atoms. The van der Waals surface area contributed by atoms with E-state index in [1.165, 1.54) is 20.7 Å². The molecule has 4 aromatic rings. The monoisotopic (exact) mass is 552 g/mol. The summed E-state index contributed by atoms with van der Waals surface area (Å²) in [6.07, 6.45) is 1.88. The van der Waals surface area contributed by atoms with Crippen molar-refractivity contribution in [2.24, 2.45) is 0 Å². The van der Waals surface area contributed by atoms with E-state index in [0.717, 1.165) is 46.6 Å². The molecule has 0 atom stereocenters. The lowest BCUT2D eigenvalue weighted by molar-refractivity contribution is -0.115. The molecule has 1 heterocycles. The number of hydrogen-bond donors (Lipinski definition) is 1. The van der Waals surface area contributed by atoms with Crippen LogP contribution in [0.15, 0.2) is 66.7 Å². The molecule has 0 radical (unpaired) electrons. The molecule has 0 aliphatic heterocycles. The molecule has 9 heteroatoms. The maximum atomic E-state index is 12.7. The number of rotatable bonds is 12. The second kappa shape index (κ2) is 13.3. The van der Waals surface area contributed by atoms with Gasteiger partial charge in [0, 0.05) is 6.07 Å². The highest BCUT2D eigenvalue weighted by Crippen LogP contribution is 2.32. The zero-order chi connectivity index (χ0) is 26.0. The van der Waals surface area contributed by atoms with E-state index in [2.05, 4.69) is 17.2 Å². The molecule has 0 fully saturated rings. The summed E-state index contributed by atoms with van der Waals surface area (Å²) >= 11 is 5.06. The maximum Gasteiger partial charge on any atom is 0.230 e. The van der Waals surface area contributed by atoms with Crippen LogP contribution >= 0.6 is 32.9 Å². The number of nitrogens with one attached hydrogen (secondary N) is 1. The molecule has 192 valence electrons. The van der Waals surface area contributed by atoms with Gasteiger partial charge in [-0.1, -0.05) is 55.8 Å². The zero-order valence-electron chi connectivity index (χ0n) is 20.7. The number of anilines is 1. The van der Waals surface area contributed by atoms with Crippen molar-refractivity contribution < 1.29 is 19.0 Å². The number of ether oxygens (including phenoxy) is 3. The van der Waals surface area contributed by atoms with E-state index in [1.807, 2.05) is 66.7 Å². The number of methoxy groups -OCH3 is 1. The highest BCUT2D eigenvalue weighted by molar-refractivity contribution is 7.79. The largest absolute Gasteiger partial charge is 0.497 e. The van der Waals surface area contributed by atoms with Gasteiger partial charge >= 0.3 is 0 Å². The Morgan fingerprint density at radius 2 is 1.68 bits per heavy atom. The fourth-order valence-electron chi connectivity index (χ4n) is 3.78. The topological polar surface area (TPSA) is 69.7 Å². The minimum absolute atomic E-state index is 0.154. The molecule has 1 aromatic heterocycles. The number of hydrogen-bond acceptors (Lipinski definition) is 8. The first-order valence-corrected chi connectivity index (χ1v) is 14.4. The van der Waals surface area contributed by atoms with Crippen LogP contribution in [0.5, 0.6) is 17.2 Å². The first-order valence-electron chi connectivity index (χ1n) is 11.9. The van der Waals surface area contributed by atoms with Crippen LogP contribution in [-0.4, -0.2) is 18.0 Å². The maximum absolute atomic E-state index is 12.7. The lowest BCUT2D eigenvalue weighted by Crippen LogP contribution is -2.16. The van der Waals surface area contributed by atoms with Gasteiger partial charge in [-0.15, -0.1) is 0 Å². The van der Waals surface area contributed by atoms with Crippen molar-refractivity contribution in [3.8, 4) is 17.2 Å². The highest BCUT2D eigenvalue weighted by atomic mass is 32.9. The summed E-state index contributed by atoms with van der Waals surface area (Å²) in [4.78, 5) is 16.9. The Morgan fingerprint density at radius 3 is 2.35 bits per heavy atom. The predicted octanol–water partition coefficient (Wildman–Crippen LogP) is 7.23. The number of amides is 1. The van der Waals surface area contributed by atoms with E-state index in [1.54, 1.807) is 7.11 Å². The smallest absolute Gasteiger partial charge is 0.230 e. The van der Waals surface area contributed by atoms with Crippen LogP contribution in [0.4, 0.5) is 5.13 Å². The van der Waals surface area contributed by atoms with Crippen LogP contribution < -0.4 is 19.5 Å². The fraction of sp³-hybridized carbons (Fsp3) is 0.250. The highest BCUT2D eigenvalue weighted by Gasteiger charge is 2.16. The Balaban J connectivity index is 1.44. The number of nitrogens with zero attached hydrogens (tertiary/aromatic N) is 1. The number of benzene rings is 3. The van der Waals surface area contributed by atoms with Crippen LogP contribution in [0.1, 0.15) is 35.6 Å². The molecule has 1 N–H and O–H groups in total. The van der Waals surface area contributed by atoms with E-state index in [0.29, 0.717) is 28.0 Å². The molecule has 0 unspecified atom stereocenters. The molecule has 37 heavy (non-hydrogen) atoms. The van der Waals surface area contributed by atoms with Gasteiger partial charge in [-0.3, -0.25) is 4.79 Å². The second-order valence-corrected chi connectivity index (χ2v) is 11.0. The summed E-state index contributed by atoms with van der Waals surface area (Å²) in [7, 11) is 4.33. The summed E-state index contributed by atoms with van der Waals surface area (Å²) in [5, 5.41) is 3.36. The minimum atomic E-state index is -0.154. The van der Waals surface area contributed by atoms with Gasteiger partial charge in [0.05, 0.1) is 13.5 Å². The molecule has 3 aromatic carbocycles. The third-order valence-corrected chi connectivity index (χ3v) is 8.08. The summed E-state index contributed by atoms with van der Waals surface area (Å²) < 4.78 is 18.2. The minimum Gasteiger partial charge on any atom is -0.497 e. The molecule has 0 spiro atoms. The van der Waals surface area contributed by atoms with E-state index in [4.69, 9.17) is 26.4 Å². The van der Waals surface area contributed by atoms with Crippen LogP contribution in [0.3, 0.4) is 0 Å². The number of aromatic nitrogens is 1. The van der Waals surface area contributed by atoms with Gasteiger partial charge in [-0.05, 0) is 79.8 Å². The Bertz CT molecular complexity index is 1370. The number of carbonyl (C=O) groups is 1. The van der Waals surface area contributed by atoms with Crippen LogP contribution in [0, 0.1) is 3.95 Å². The third-order valence-electron chi connectivity index (χ3n) is 5.56. The molecule has 4 rings (SSSR count). The van der Waals surface area contributed by atoms with Crippen LogP contribution in [0.2, 0.25) is 0 Å². The second-order valence-electron chi connectivity index (χ2n) is 8.29. The molecule has 6 nitrogen and oxygen atoms in total. The van der Waals surface area contributed by atoms with Gasteiger partial charge in [0.1, 0.15) is 30.5 Å². The zero-order valence-corrected chi connectivity index (χ0v) is 23.1.